The maximum atomic E-state index is 12.6. The molecule has 0 aliphatic carbocycles. The van der Waals surface area contributed by atoms with Crippen LogP contribution in [0.15, 0.2) is 60.2 Å². The third kappa shape index (κ3) is 3.25. The van der Waals surface area contributed by atoms with Crippen LogP contribution in [-0.4, -0.2) is 22.7 Å². The van der Waals surface area contributed by atoms with E-state index in [4.69, 9.17) is 0 Å². The van der Waals surface area contributed by atoms with Gasteiger partial charge in [-0.25, -0.2) is 4.79 Å². The zero-order valence-electron chi connectivity index (χ0n) is 13.2. The predicted octanol–water partition coefficient (Wildman–Crippen LogP) is 2.66. The van der Waals surface area contributed by atoms with E-state index in [-0.39, 0.29) is 12.1 Å². The number of hydrogen-bond donors (Lipinski definition) is 1. The molecule has 0 spiro atoms. The summed E-state index contributed by atoms with van der Waals surface area (Å²) in [6.07, 6.45) is 1.50. The summed E-state index contributed by atoms with van der Waals surface area (Å²) in [6, 6.07) is 15.9. The molecule has 1 aliphatic rings. The molecule has 1 fully saturated rings. The lowest BCUT2D eigenvalue weighted by Crippen LogP contribution is -2.53. The largest absolute Gasteiger partial charge is 0.331 e. The normalized spacial score (nSPS) is 16.5. The Morgan fingerprint density at radius 3 is 2.29 bits per heavy atom. The van der Waals surface area contributed by atoms with Crippen LogP contribution >= 0.6 is 0 Å². The number of urea groups is 1. The van der Waals surface area contributed by atoms with Gasteiger partial charge in [0.25, 0.3) is 11.8 Å². The minimum atomic E-state index is -0.699. The van der Waals surface area contributed by atoms with Gasteiger partial charge in [-0.3, -0.25) is 19.8 Å². The fourth-order valence-corrected chi connectivity index (χ4v) is 2.43. The molecule has 0 aromatic heterocycles. The van der Waals surface area contributed by atoms with Crippen LogP contribution in [0.25, 0.3) is 6.08 Å². The Morgan fingerprint density at radius 2 is 1.62 bits per heavy atom. The molecule has 5 heteroatoms. The summed E-state index contributed by atoms with van der Waals surface area (Å²) < 4.78 is 0. The maximum absolute atomic E-state index is 12.6. The van der Waals surface area contributed by atoms with E-state index in [0.29, 0.717) is 0 Å². The number of carbonyl (C=O) groups excluding carboxylic acids is 3. The molecular formula is C19H16N2O3. The van der Waals surface area contributed by atoms with E-state index < -0.39 is 17.8 Å². The molecule has 0 radical (unpaired) electrons. The molecule has 120 valence electrons. The number of hydrogen-bond acceptors (Lipinski definition) is 3. The van der Waals surface area contributed by atoms with Crippen LogP contribution < -0.4 is 5.32 Å². The molecule has 0 bridgehead atoms. The lowest BCUT2D eigenvalue weighted by Gasteiger charge is -2.26. The molecule has 0 saturated carbocycles. The van der Waals surface area contributed by atoms with Gasteiger partial charge in [0.2, 0.25) is 0 Å². The van der Waals surface area contributed by atoms with Crippen molar-refractivity contribution in [1.82, 2.24) is 10.2 Å². The summed E-state index contributed by atoms with van der Waals surface area (Å²) in [7, 11) is 0. The number of amides is 4. The number of aryl methyl sites for hydroxylation is 1. The summed E-state index contributed by atoms with van der Waals surface area (Å²) in [4.78, 5) is 37.7. The maximum Gasteiger partial charge on any atom is 0.331 e. The number of nitrogens with one attached hydrogen (secondary N) is 1. The smallest absolute Gasteiger partial charge is 0.273 e. The summed E-state index contributed by atoms with van der Waals surface area (Å²) >= 11 is 0. The van der Waals surface area contributed by atoms with Crippen LogP contribution in [-0.2, 0) is 16.1 Å². The van der Waals surface area contributed by atoms with Crippen molar-refractivity contribution in [1.29, 1.82) is 0 Å². The molecule has 4 amide bonds. The third-order valence-electron chi connectivity index (χ3n) is 3.76. The average molecular weight is 320 g/mol. The van der Waals surface area contributed by atoms with Crippen molar-refractivity contribution in [3.05, 3.63) is 76.9 Å². The first-order valence-corrected chi connectivity index (χ1v) is 7.54. The number of carbonyl (C=O) groups is 3. The fraction of sp³-hybridized carbons (Fsp3) is 0.105. The van der Waals surface area contributed by atoms with E-state index in [1.165, 1.54) is 6.08 Å². The third-order valence-corrected chi connectivity index (χ3v) is 3.76. The van der Waals surface area contributed by atoms with Gasteiger partial charge in [-0.2, -0.15) is 0 Å². The van der Waals surface area contributed by atoms with Crippen molar-refractivity contribution in [3.8, 4) is 0 Å². The number of nitrogens with zero attached hydrogens (tertiary/aromatic N) is 1. The first-order valence-electron chi connectivity index (χ1n) is 7.54. The Hall–Kier alpha value is -3.21. The second kappa shape index (κ2) is 6.50. The summed E-state index contributed by atoms with van der Waals surface area (Å²) in [5.74, 6) is -1.26. The lowest BCUT2D eigenvalue weighted by atomic mass is 10.1. The van der Waals surface area contributed by atoms with Gasteiger partial charge < -0.3 is 0 Å². The highest BCUT2D eigenvalue weighted by Gasteiger charge is 2.35. The van der Waals surface area contributed by atoms with Crippen molar-refractivity contribution in [2.45, 2.75) is 13.5 Å². The zero-order valence-corrected chi connectivity index (χ0v) is 13.2. The lowest BCUT2D eigenvalue weighted by molar-refractivity contribution is -0.130. The highest BCUT2D eigenvalue weighted by molar-refractivity contribution is 6.30. The van der Waals surface area contributed by atoms with Crippen LogP contribution in [0.1, 0.15) is 16.7 Å². The van der Waals surface area contributed by atoms with Gasteiger partial charge in [0.05, 0.1) is 6.54 Å². The highest BCUT2D eigenvalue weighted by Crippen LogP contribution is 2.17. The summed E-state index contributed by atoms with van der Waals surface area (Å²) in [5.41, 5.74) is 2.57. The van der Waals surface area contributed by atoms with Crippen LogP contribution in [0, 0.1) is 6.92 Å². The quantitative estimate of drug-likeness (QED) is 0.698. The Balaban J connectivity index is 1.89. The topological polar surface area (TPSA) is 66.5 Å². The van der Waals surface area contributed by atoms with E-state index >= 15 is 0 Å². The van der Waals surface area contributed by atoms with Crippen LogP contribution in [0.3, 0.4) is 0 Å². The van der Waals surface area contributed by atoms with Gasteiger partial charge in [0, 0.05) is 0 Å². The molecule has 1 aliphatic heterocycles. The average Bonchev–Trinajstić information content (AvgIpc) is 2.58. The van der Waals surface area contributed by atoms with Gasteiger partial charge in [-0.1, -0.05) is 60.2 Å². The van der Waals surface area contributed by atoms with E-state index in [9.17, 15) is 14.4 Å². The minimum absolute atomic E-state index is 0.0469. The van der Waals surface area contributed by atoms with E-state index in [2.05, 4.69) is 5.32 Å². The minimum Gasteiger partial charge on any atom is -0.273 e. The molecule has 3 rings (SSSR count). The van der Waals surface area contributed by atoms with Crippen LogP contribution in [0.4, 0.5) is 4.79 Å². The number of barbiturate groups is 1. The molecule has 1 N–H and O–H groups in total. The monoisotopic (exact) mass is 320 g/mol. The van der Waals surface area contributed by atoms with Crippen LogP contribution in [0.2, 0.25) is 0 Å². The second-order valence-corrected chi connectivity index (χ2v) is 5.60. The molecule has 24 heavy (non-hydrogen) atoms. The first-order chi connectivity index (χ1) is 11.5. The molecular weight excluding hydrogens is 304 g/mol. The van der Waals surface area contributed by atoms with Crippen molar-refractivity contribution < 1.29 is 14.4 Å². The fourth-order valence-electron chi connectivity index (χ4n) is 2.43. The molecule has 2 aromatic carbocycles. The Morgan fingerprint density at radius 1 is 0.958 bits per heavy atom. The van der Waals surface area contributed by atoms with Gasteiger partial charge in [0.15, 0.2) is 0 Å². The molecule has 0 atom stereocenters. The Labute approximate surface area is 139 Å². The van der Waals surface area contributed by atoms with Gasteiger partial charge in [-0.15, -0.1) is 0 Å². The molecule has 5 nitrogen and oxygen atoms in total. The van der Waals surface area contributed by atoms with E-state index in [0.717, 1.165) is 21.6 Å². The predicted molar refractivity (Wildman–Crippen MR) is 89.7 cm³/mol. The Kier molecular flexibility index (Phi) is 4.24. The highest BCUT2D eigenvalue weighted by atomic mass is 16.2. The van der Waals surface area contributed by atoms with Crippen LogP contribution in [0.5, 0.6) is 0 Å². The second-order valence-electron chi connectivity index (χ2n) is 5.60. The summed E-state index contributed by atoms with van der Waals surface area (Å²) in [6.45, 7) is 2.07. The first kappa shape index (κ1) is 15.7. The number of imide groups is 2. The van der Waals surface area contributed by atoms with Crippen molar-refractivity contribution in [2.75, 3.05) is 0 Å². The molecule has 0 unspecified atom stereocenters. The van der Waals surface area contributed by atoms with E-state index in [1.807, 2.05) is 61.5 Å². The Bertz CT molecular complexity index is 823. The SMILES string of the molecule is Cc1ccc(/C=C2\C(=O)NC(=O)N(Cc3ccccc3)C2=O)cc1. The van der Waals surface area contributed by atoms with Crippen molar-refractivity contribution in [2.24, 2.45) is 0 Å². The molecule has 1 saturated heterocycles. The molecule has 1 heterocycles. The summed E-state index contributed by atoms with van der Waals surface area (Å²) in [5, 5.41) is 2.22. The number of benzene rings is 2. The van der Waals surface area contributed by atoms with Crippen molar-refractivity contribution >= 4 is 23.9 Å². The van der Waals surface area contributed by atoms with Crippen molar-refractivity contribution in [3.63, 3.8) is 0 Å². The van der Waals surface area contributed by atoms with Gasteiger partial charge in [0.1, 0.15) is 5.57 Å². The zero-order chi connectivity index (χ0) is 17.1. The standard InChI is InChI=1S/C19H16N2O3/c1-13-7-9-14(10-8-13)11-16-17(22)20-19(24)21(18(16)23)12-15-5-3-2-4-6-15/h2-11H,12H2,1H3,(H,20,22,24)/b16-11+. The molecule has 2 aromatic rings. The number of rotatable bonds is 3. The van der Waals surface area contributed by atoms with Gasteiger partial charge >= 0.3 is 6.03 Å². The van der Waals surface area contributed by atoms with Gasteiger partial charge in [-0.05, 0) is 24.1 Å². The van der Waals surface area contributed by atoms with E-state index in [1.54, 1.807) is 0 Å².